The minimum absolute atomic E-state index is 0.117. The van der Waals surface area contributed by atoms with Gasteiger partial charge < -0.3 is 14.7 Å². The van der Waals surface area contributed by atoms with Gasteiger partial charge in [-0.15, -0.1) is 0 Å². The van der Waals surface area contributed by atoms with Crippen LogP contribution < -0.4 is 4.90 Å². The van der Waals surface area contributed by atoms with Crippen molar-refractivity contribution in [3.63, 3.8) is 0 Å². The molecule has 1 unspecified atom stereocenters. The van der Waals surface area contributed by atoms with Gasteiger partial charge in [0.2, 0.25) is 5.91 Å². The molecule has 1 fully saturated rings. The lowest BCUT2D eigenvalue weighted by Gasteiger charge is -2.17. The number of aromatic carboxylic acids is 1. The second kappa shape index (κ2) is 5.95. The summed E-state index contributed by atoms with van der Waals surface area (Å²) in [6.07, 6.45) is -0.0943. The highest BCUT2D eigenvalue weighted by molar-refractivity contribution is 5.99. The van der Waals surface area contributed by atoms with Crippen molar-refractivity contribution in [2.45, 2.75) is 26.4 Å². The lowest BCUT2D eigenvalue weighted by Crippen LogP contribution is -2.27. The Morgan fingerprint density at radius 3 is 2.43 bits per heavy atom. The first kappa shape index (κ1) is 15.0. The fraction of sp³-hybridized carbons (Fsp3) is 0.400. The Balaban J connectivity index is 2.09. The molecular formula is C15H17NO5. The van der Waals surface area contributed by atoms with Crippen molar-refractivity contribution in [2.24, 2.45) is 5.92 Å². The molecule has 0 aliphatic carbocycles. The topological polar surface area (TPSA) is 83.9 Å². The zero-order chi connectivity index (χ0) is 15.6. The molecule has 0 radical (unpaired) electrons. The summed E-state index contributed by atoms with van der Waals surface area (Å²) in [6.45, 7) is 3.78. The maximum absolute atomic E-state index is 12.0. The van der Waals surface area contributed by atoms with Crippen molar-refractivity contribution in [2.75, 3.05) is 11.4 Å². The molecule has 1 aromatic carbocycles. The SMILES string of the molecule is CC(C)OC(=O)C1CC(=O)N(c2ccc(C(=O)O)cc2)C1. The Bertz CT molecular complexity index is 564. The second-order valence-corrected chi connectivity index (χ2v) is 5.24. The molecule has 6 heteroatoms. The van der Waals surface area contributed by atoms with Gasteiger partial charge in [0.25, 0.3) is 0 Å². The minimum Gasteiger partial charge on any atom is -0.478 e. The number of carboxylic acids is 1. The van der Waals surface area contributed by atoms with Crippen LogP contribution in [-0.4, -0.2) is 35.6 Å². The van der Waals surface area contributed by atoms with Crippen molar-refractivity contribution in [1.29, 1.82) is 0 Å². The number of ether oxygens (including phenoxy) is 1. The summed E-state index contributed by atoms with van der Waals surface area (Å²) < 4.78 is 5.12. The molecule has 1 aromatic rings. The predicted molar refractivity (Wildman–Crippen MR) is 75.1 cm³/mol. The van der Waals surface area contributed by atoms with E-state index in [4.69, 9.17) is 9.84 Å². The van der Waals surface area contributed by atoms with Crippen LogP contribution >= 0.6 is 0 Å². The second-order valence-electron chi connectivity index (χ2n) is 5.24. The maximum Gasteiger partial charge on any atom is 0.335 e. The van der Waals surface area contributed by atoms with E-state index in [2.05, 4.69) is 0 Å². The molecule has 1 heterocycles. The van der Waals surface area contributed by atoms with Gasteiger partial charge in [-0.05, 0) is 38.1 Å². The molecule has 0 aromatic heterocycles. The Hall–Kier alpha value is -2.37. The average Bonchev–Trinajstić information content (AvgIpc) is 2.80. The third-order valence-corrected chi connectivity index (χ3v) is 3.24. The van der Waals surface area contributed by atoms with Crippen LogP contribution in [0.2, 0.25) is 0 Å². The molecule has 2 rings (SSSR count). The zero-order valence-electron chi connectivity index (χ0n) is 11.9. The van der Waals surface area contributed by atoms with E-state index in [-0.39, 0.29) is 36.5 Å². The van der Waals surface area contributed by atoms with Gasteiger partial charge in [0.15, 0.2) is 0 Å². The van der Waals surface area contributed by atoms with Gasteiger partial charge >= 0.3 is 11.9 Å². The summed E-state index contributed by atoms with van der Waals surface area (Å²) in [6, 6.07) is 6.00. The molecule has 0 spiro atoms. The normalized spacial score (nSPS) is 18.1. The third kappa shape index (κ3) is 3.39. The van der Waals surface area contributed by atoms with E-state index in [9.17, 15) is 14.4 Å². The Morgan fingerprint density at radius 2 is 1.90 bits per heavy atom. The predicted octanol–water partition coefficient (Wildman–Crippen LogP) is 1.69. The van der Waals surface area contributed by atoms with Gasteiger partial charge in [0.05, 0.1) is 17.6 Å². The van der Waals surface area contributed by atoms with E-state index in [1.165, 1.54) is 17.0 Å². The number of carbonyl (C=O) groups is 3. The van der Waals surface area contributed by atoms with Crippen molar-refractivity contribution >= 4 is 23.5 Å². The van der Waals surface area contributed by atoms with Gasteiger partial charge in [-0.2, -0.15) is 0 Å². The summed E-state index contributed by atoms with van der Waals surface area (Å²) in [5.41, 5.74) is 0.742. The number of hydrogen-bond donors (Lipinski definition) is 1. The van der Waals surface area contributed by atoms with Crippen molar-refractivity contribution in [1.82, 2.24) is 0 Å². The number of hydrogen-bond acceptors (Lipinski definition) is 4. The van der Waals surface area contributed by atoms with E-state index in [0.29, 0.717) is 5.69 Å². The standard InChI is InChI=1S/C15H17NO5/c1-9(2)21-15(20)11-7-13(17)16(8-11)12-5-3-10(4-6-12)14(18)19/h3-6,9,11H,7-8H2,1-2H3,(H,18,19). The van der Waals surface area contributed by atoms with Crippen molar-refractivity contribution in [3.05, 3.63) is 29.8 Å². The molecule has 1 amide bonds. The molecule has 0 saturated carbocycles. The van der Waals surface area contributed by atoms with Crippen LogP contribution in [0.25, 0.3) is 0 Å². The van der Waals surface area contributed by atoms with E-state index in [1.807, 2.05) is 0 Å². The van der Waals surface area contributed by atoms with Crippen LogP contribution in [0.3, 0.4) is 0 Å². The molecule has 0 bridgehead atoms. The molecule has 1 aliphatic rings. The van der Waals surface area contributed by atoms with Crippen LogP contribution in [0.1, 0.15) is 30.6 Å². The fourth-order valence-corrected chi connectivity index (χ4v) is 2.23. The lowest BCUT2D eigenvalue weighted by atomic mass is 10.1. The van der Waals surface area contributed by atoms with Crippen LogP contribution in [0.15, 0.2) is 24.3 Å². The Morgan fingerprint density at radius 1 is 1.29 bits per heavy atom. The average molecular weight is 291 g/mol. The number of amides is 1. The first-order valence-electron chi connectivity index (χ1n) is 6.72. The molecule has 1 atom stereocenters. The molecule has 1 N–H and O–H groups in total. The minimum atomic E-state index is -1.02. The van der Waals surface area contributed by atoms with E-state index >= 15 is 0 Å². The monoisotopic (exact) mass is 291 g/mol. The summed E-state index contributed by atoms with van der Waals surface area (Å²) >= 11 is 0. The van der Waals surface area contributed by atoms with Crippen molar-refractivity contribution < 1.29 is 24.2 Å². The van der Waals surface area contributed by atoms with E-state index in [1.54, 1.807) is 26.0 Å². The third-order valence-electron chi connectivity index (χ3n) is 3.24. The van der Waals surface area contributed by atoms with Gasteiger partial charge in [0, 0.05) is 18.7 Å². The summed E-state index contributed by atoms with van der Waals surface area (Å²) in [5.74, 6) is -2.03. The van der Waals surface area contributed by atoms with E-state index < -0.39 is 11.9 Å². The number of rotatable bonds is 4. The number of anilines is 1. The zero-order valence-corrected chi connectivity index (χ0v) is 11.9. The molecule has 21 heavy (non-hydrogen) atoms. The van der Waals surface area contributed by atoms with Crippen LogP contribution in [0.4, 0.5) is 5.69 Å². The first-order valence-corrected chi connectivity index (χ1v) is 6.72. The lowest BCUT2D eigenvalue weighted by molar-refractivity contribution is -0.152. The maximum atomic E-state index is 12.0. The summed E-state index contributed by atoms with van der Waals surface area (Å²) in [4.78, 5) is 36.1. The van der Waals surface area contributed by atoms with Crippen LogP contribution in [-0.2, 0) is 14.3 Å². The Labute approximate surface area is 122 Å². The molecule has 1 aliphatic heterocycles. The number of esters is 1. The van der Waals surface area contributed by atoms with E-state index in [0.717, 1.165) is 0 Å². The van der Waals surface area contributed by atoms with Gasteiger partial charge in [-0.25, -0.2) is 4.79 Å². The molecular weight excluding hydrogens is 274 g/mol. The smallest absolute Gasteiger partial charge is 0.335 e. The Kier molecular flexibility index (Phi) is 4.26. The van der Waals surface area contributed by atoms with Crippen LogP contribution in [0.5, 0.6) is 0 Å². The number of nitrogens with zero attached hydrogens (tertiary/aromatic N) is 1. The first-order chi connectivity index (χ1) is 9.88. The van der Waals surface area contributed by atoms with Crippen LogP contribution in [0, 0.1) is 5.92 Å². The highest BCUT2D eigenvalue weighted by Crippen LogP contribution is 2.26. The van der Waals surface area contributed by atoms with Gasteiger partial charge in [-0.3, -0.25) is 9.59 Å². The van der Waals surface area contributed by atoms with Crippen molar-refractivity contribution in [3.8, 4) is 0 Å². The fourth-order valence-electron chi connectivity index (χ4n) is 2.23. The highest BCUT2D eigenvalue weighted by Gasteiger charge is 2.36. The number of benzene rings is 1. The quantitative estimate of drug-likeness (QED) is 0.853. The molecule has 1 saturated heterocycles. The molecule has 6 nitrogen and oxygen atoms in total. The number of carbonyl (C=O) groups excluding carboxylic acids is 2. The molecule has 112 valence electrons. The van der Waals surface area contributed by atoms with Gasteiger partial charge in [0.1, 0.15) is 0 Å². The van der Waals surface area contributed by atoms with Gasteiger partial charge in [-0.1, -0.05) is 0 Å². The summed E-state index contributed by atoms with van der Waals surface area (Å²) in [7, 11) is 0. The highest BCUT2D eigenvalue weighted by atomic mass is 16.5. The largest absolute Gasteiger partial charge is 0.478 e. The number of carboxylic acid groups (broad SMARTS) is 1. The summed E-state index contributed by atoms with van der Waals surface area (Å²) in [5, 5.41) is 8.85.